The van der Waals surface area contributed by atoms with Crippen molar-refractivity contribution in [2.45, 2.75) is 51.0 Å². The largest absolute Gasteiger partial charge is 0.385 e. The molecule has 1 fully saturated rings. The Morgan fingerprint density at radius 3 is 2.77 bits per heavy atom. The van der Waals surface area contributed by atoms with Gasteiger partial charge >= 0.3 is 0 Å². The number of carbonyl (C=O) groups is 1. The Morgan fingerprint density at radius 1 is 1.27 bits per heavy atom. The van der Waals surface area contributed by atoms with E-state index < -0.39 is 0 Å². The van der Waals surface area contributed by atoms with Crippen molar-refractivity contribution < 1.29 is 9.53 Å². The second-order valence-corrected chi connectivity index (χ2v) is 5.72. The molecular formula is C16H26N4O2. The van der Waals surface area contributed by atoms with Crippen LogP contribution in [0.5, 0.6) is 0 Å². The molecule has 2 N–H and O–H groups in total. The SMILES string of the molecule is COCCCNC(=O)c1cc(NC2CCCCCC2)ncn1. The fourth-order valence-electron chi connectivity index (χ4n) is 2.70. The molecule has 0 spiro atoms. The van der Waals surface area contributed by atoms with Gasteiger partial charge in [-0.3, -0.25) is 4.79 Å². The molecule has 0 radical (unpaired) electrons. The Kier molecular flexibility index (Phi) is 7.09. The molecule has 1 amide bonds. The van der Waals surface area contributed by atoms with Crippen molar-refractivity contribution in [3.8, 4) is 0 Å². The van der Waals surface area contributed by atoms with E-state index in [0.717, 1.165) is 12.2 Å². The molecule has 1 aromatic heterocycles. The second kappa shape index (κ2) is 9.35. The summed E-state index contributed by atoms with van der Waals surface area (Å²) in [6.07, 6.45) is 9.73. The van der Waals surface area contributed by atoms with E-state index in [1.807, 2.05) is 0 Å². The molecule has 122 valence electrons. The number of methoxy groups -OCH3 is 1. The molecule has 6 heteroatoms. The summed E-state index contributed by atoms with van der Waals surface area (Å²) in [5.74, 6) is 0.575. The number of nitrogens with one attached hydrogen (secondary N) is 2. The highest BCUT2D eigenvalue weighted by atomic mass is 16.5. The van der Waals surface area contributed by atoms with Crippen LogP contribution in [-0.4, -0.2) is 42.2 Å². The van der Waals surface area contributed by atoms with Crippen molar-refractivity contribution >= 4 is 11.7 Å². The summed E-state index contributed by atoms with van der Waals surface area (Å²) in [5.41, 5.74) is 0.406. The Balaban J connectivity index is 1.87. The molecule has 6 nitrogen and oxygen atoms in total. The highest BCUT2D eigenvalue weighted by Crippen LogP contribution is 2.20. The lowest BCUT2D eigenvalue weighted by Gasteiger charge is -2.16. The summed E-state index contributed by atoms with van der Waals surface area (Å²) in [6.45, 7) is 1.22. The van der Waals surface area contributed by atoms with Crippen LogP contribution in [0.1, 0.15) is 55.4 Å². The average Bonchev–Trinajstić information content (AvgIpc) is 2.80. The number of hydrogen-bond donors (Lipinski definition) is 2. The van der Waals surface area contributed by atoms with E-state index in [9.17, 15) is 4.79 Å². The summed E-state index contributed by atoms with van der Waals surface area (Å²) in [6, 6.07) is 2.19. The van der Waals surface area contributed by atoms with Gasteiger partial charge in [-0.25, -0.2) is 9.97 Å². The molecule has 1 aliphatic rings. The Hall–Kier alpha value is -1.69. The third-order valence-electron chi connectivity index (χ3n) is 3.92. The smallest absolute Gasteiger partial charge is 0.270 e. The minimum absolute atomic E-state index is 0.164. The molecule has 0 saturated heterocycles. The fourth-order valence-corrected chi connectivity index (χ4v) is 2.70. The zero-order valence-electron chi connectivity index (χ0n) is 13.3. The standard InChI is InChI=1S/C16H26N4O2/c1-22-10-6-9-17-16(21)14-11-15(19-12-18-14)20-13-7-4-2-3-5-8-13/h11-13H,2-10H2,1H3,(H,17,21)(H,18,19,20). The van der Waals surface area contributed by atoms with Crippen LogP contribution >= 0.6 is 0 Å². The zero-order chi connectivity index (χ0) is 15.6. The topological polar surface area (TPSA) is 76.1 Å². The molecular weight excluding hydrogens is 280 g/mol. The van der Waals surface area contributed by atoms with Gasteiger partial charge in [0.1, 0.15) is 17.8 Å². The molecule has 22 heavy (non-hydrogen) atoms. The molecule has 1 aliphatic carbocycles. The van der Waals surface area contributed by atoms with Gasteiger partial charge in [0, 0.05) is 32.4 Å². The van der Waals surface area contributed by atoms with Crippen LogP contribution in [0, 0.1) is 0 Å². The highest BCUT2D eigenvalue weighted by Gasteiger charge is 2.14. The lowest BCUT2D eigenvalue weighted by atomic mass is 10.1. The Bertz CT molecular complexity index is 459. The van der Waals surface area contributed by atoms with Gasteiger partial charge in [0.2, 0.25) is 0 Å². The number of anilines is 1. The number of amides is 1. The minimum atomic E-state index is -0.164. The van der Waals surface area contributed by atoms with Gasteiger partial charge in [-0.2, -0.15) is 0 Å². The van der Waals surface area contributed by atoms with Crippen LogP contribution in [0.2, 0.25) is 0 Å². The number of ether oxygens (including phenoxy) is 1. The third kappa shape index (κ3) is 5.60. The van der Waals surface area contributed by atoms with Crippen LogP contribution in [0.25, 0.3) is 0 Å². The van der Waals surface area contributed by atoms with Gasteiger partial charge in [-0.1, -0.05) is 25.7 Å². The van der Waals surface area contributed by atoms with E-state index in [1.165, 1.54) is 44.9 Å². The van der Waals surface area contributed by atoms with Gasteiger partial charge < -0.3 is 15.4 Å². The lowest BCUT2D eigenvalue weighted by molar-refractivity contribution is 0.0943. The quantitative estimate of drug-likeness (QED) is 0.597. The predicted octanol–water partition coefficient (Wildman–Crippen LogP) is 2.38. The summed E-state index contributed by atoms with van der Waals surface area (Å²) in [5, 5.41) is 6.28. The Labute approximate surface area is 132 Å². The zero-order valence-corrected chi connectivity index (χ0v) is 13.3. The van der Waals surface area contributed by atoms with E-state index in [-0.39, 0.29) is 5.91 Å². The first-order chi connectivity index (χ1) is 10.8. The normalized spacial score (nSPS) is 16.0. The number of rotatable bonds is 7. The summed E-state index contributed by atoms with van der Waals surface area (Å²) >= 11 is 0. The molecule has 0 unspecified atom stereocenters. The van der Waals surface area contributed by atoms with Crippen LogP contribution in [0.4, 0.5) is 5.82 Å². The Morgan fingerprint density at radius 2 is 2.05 bits per heavy atom. The molecule has 2 rings (SSSR count). The lowest BCUT2D eigenvalue weighted by Crippen LogP contribution is -2.26. The summed E-state index contributed by atoms with van der Waals surface area (Å²) in [4.78, 5) is 20.3. The van der Waals surface area contributed by atoms with Crippen molar-refractivity contribution in [1.29, 1.82) is 0 Å². The molecule has 1 saturated carbocycles. The van der Waals surface area contributed by atoms with Gasteiger partial charge in [0.05, 0.1) is 0 Å². The van der Waals surface area contributed by atoms with E-state index in [2.05, 4.69) is 20.6 Å². The third-order valence-corrected chi connectivity index (χ3v) is 3.92. The van der Waals surface area contributed by atoms with Crippen LogP contribution in [0.15, 0.2) is 12.4 Å². The average molecular weight is 306 g/mol. The maximum atomic E-state index is 12.0. The van der Waals surface area contributed by atoms with E-state index >= 15 is 0 Å². The highest BCUT2D eigenvalue weighted by molar-refractivity contribution is 5.92. The molecule has 1 aromatic rings. The van der Waals surface area contributed by atoms with Crippen molar-refractivity contribution in [3.63, 3.8) is 0 Å². The molecule has 0 bridgehead atoms. The first-order valence-electron chi connectivity index (χ1n) is 8.15. The fraction of sp³-hybridized carbons (Fsp3) is 0.688. The van der Waals surface area contributed by atoms with Crippen molar-refractivity contribution in [2.75, 3.05) is 25.6 Å². The van der Waals surface area contributed by atoms with E-state index in [1.54, 1.807) is 13.2 Å². The monoisotopic (exact) mass is 306 g/mol. The minimum Gasteiger partial charge on any atom is -0.385 e. The summed E-state index contributed by atoms with van der Waals surface area (Å²) < 4.78 is 4.96. The maximum absolute atomic E-state index is 12.0. The van der Waals surface area contributed by atoms with Crippen LogP contribution in [0.3, 0.4) is 0 Å². The second-order valence-electron chi connectivity index (χ2n) is 5.72. The number of hydrogen-bond acceptors (Lipinski definition) is 5. The molecule has 0 atom stereocenters. The number of carbonyl (C=O) groups excluding carboxylic acids is 1. The maximum Gasteiger partial charge on any atom is 0.270 e. The predicted molar refractivity (Wildman–Crippen MR) is 86.0 cm³/mol. The number of aromatic nitrogens is 2. The van der Waals surface area contributed by atoms with Gasteiger partial charge in [-0.15, -0.1) is 0 Å². The van der Waals surface area contributed by atoms with Gasteiger partial charge in [0.15, 0.2) is 0 Å². The van der Waals surface area contributed by atoms with Gasteiger partial charge in [-0.05, 0) is 19.3 Å². The van der Waals surface area contributed by atoms with Gasteiger partial charge in [0.25, 0.3) is 5.91 Å². The van der Waals surface area contributed by atoms with E-state index in [0.29, 0.717) is 24.9 Å². The van der Waals surface area contributed by atoms with Crippen LogP contribution < -0.4 is 10.6 Å². The van der Waals surface area contributed by atoms with E-state index in [4.69, 9.17) is 4.74 Å². The molecule has 0 aliphatic heterocycles. The summed E-state index contributed by atoms with van der Waals surface area (Å²) in [7, 11) is 1.65. The van der Waals surface area contributed by atoms with Crippen LogP contribution in [-0.2, 0) is 4.74 Å². The van der Waals surface area contributed by atoms with Crippen molar-refractivity contribution in [3.05, 3.63) is 18.1 Å². The molecule has 0 aromatic carbocycles. The van der Waals surface area contributed by atoms with Crippen molar-refractivity contribution in [1.82, 2.24) is 15.3 Å². The van der Waals surface area contributed by atoms with Crippen molar-refractivity contribution in [2.24, 2.45) is 0 Å². The first-order valence-corrected chi connectivity index (χ1v) is 8.15. The number of nitrogens with zero attached hydrogens (tertiary/aromatic N) is 2. The molecule has 1 heterocycles. The first kappa shape index (κ1) is 16.7.